The van der Waals surface area contributed by atoms with Crippen molar-refractivity contribution in [2.75, 3.05) is 11.9 Å². The Morgan fingerprint density at radius 3 is 2.93 bits per heavy atom. The Kier molecular flexibility index (Phi) is 3.95. The van der Waals surface area contributed by atoms with Gasteiger partial charge >= 0.3 is 0 Å². The molecule has 0 fully saturated rings. The molecule has 76 valence electrons. The van der Waals surface area contributed by atoms with Crippen LogP contribution in [-0.4, -0.2) is 12.5 Å². The summed E-state index contributed by atoms with van der Waals surface area (Å²) < 4.78 is 1.06. The van der Waals surface area contributed by atoms with Crippen molar-refractivity contribution in [2.24, 2.45) is 5.73 Å². The van der Waals surface area contributed by atoms with E-state index in [0.29, 0.717) is 13.0 Å². The highest BCUT2D eigenvalue weighted by Gasteiger charge is 2.01. The maximum Gasteiger partial charge on any atom is 0.219 e. The van der Waals surface area contributed by atoms with Crippen molar-refractivity contribution in [1.82, 2.24) is 0 Å². The van der Waals surface area contributed by atoms with E-state index in [1.165, 1.54) is 0 Å². The van der Waals surface area contributed by atoms with Crippen LogP contribution in [0.4, 0.5) is 5.69 Å². The molecular weight excluding hydrogens is 244 g/mol. The van der Waals surface area contributed by atoms with E-state index in [0.717, 1.165) is 15.7 Å². The molecule has 1 rings (SSSR count). The number of benzene rings is 1. The molecule has 0 saturated heterocycles. The van der Waals surface area contributed by atoms with Crippen molar-refractivity contribution in [1.29, 1.82) is 0 Å². The molecule has 0 unspecified atom stereocenters. The van der Waals surface area contributed by atoms with E-state index in [-0.39, 0.29) is 5.91 Å². The average Bonchev–Trinajstić information content (AvgIpc) is 2.12. The van der Waals surface area contributed by atoms with Gasteiger partial charge in [0.25, 0.3) is 0 Å². The maximum atomic E-state index is 10.5. The predicted molar refractivity (Wildman–Crippen MR) is 61.2 cm³/mol. The van der Waals surface area contributed by atoms with Crippen LogP contribution in [0.1, 0.15) is 12.0 Å². The second kappa shape index (κ2) is 5.00. The van der Waals surface area contributed by atoms with Crippen LogP contribution in [0, 0.1) is 6.92 Å². The minimum atomic E-state index is -0.287. The molecule has 1 amide bonds. The quantitative estimate of drug-likeness (QED) is 0.867. The molecule has 0 aliphatic rings. The van der Waals surface area contributed by atoms with Crippen LogP contribution in [0.3, 0.4) is 0 Å². The number of primary amides is 1. The van der Waals surface area contributed by atoms with Crippen molar-refractivity contribution in [3.63, 3.8) is 0 Å². The number of hydrogen-bond donors (Lipinski definition) is 2. The van der Waals surface area contributed by atoms with E-state index < -0.39 is 0 Å². The molecule has 1 aromatic rings. The number of halogens is 1. The predicted octanol–water partition coefficient (Wildman–Crippen LogP) is 2.04. The van der Waals surface area contributed by atoms with Crippen molar-refractivity contribution < 1.29 is 4.79 Å². The third-order valence-corrected chi connectivity index (χ3v) is 2.81. The molecule has 4 heteroatoms. The summed E-state index contributed by atoms with van der Waals surface area (Å²) in [5.41, 5.74) is 7.20. The third-order valence-electron chi connectivity index (χ3n) is 1.95. The summed E-state index contributed by atoms with van der Waals surface area (Å²) in [6.07, 6.45) is 0.353. The van der Waals surface area contributed by atoms with Crippen molar-refractivity contribution >= 4 is 27.5 Å². The van der Waals surface area contributed by atoms with Gasteiger partial charge in [0.05, 0.1) is 0 Å². The van der Waals surface area contributed by atoms with Gasteiger partial charge in [0.1, 0.15) is 0 Å². The van der Waals surface area contributed by atoms with Crippen molar-refractivity contribution in [3.8, 4) is 0 Å². The molecule has 0 atom stereocenters. The molecule has 0 aliphatic carbocycles. The van der Waals surface area contributed by atoms with Gasteiger partial charge < -0.3 is 11.1 Å². The SMILES string of the molecule is Cc1c(Br)cccc1NCCC(N)=O. The fourth-order valence-corrected chi connectivity index (χ4v) is 1.49. The number of amides is 1. The Morgan fingerprint density at radius 1 is 1.57 bits per heavy atom. The van der Waals surface area contributed by atoms with Crippen LogP contribution in [0.2, 0.25) is 0 Å². The van der Waals surface area contributed by atoms with Gasteiger partial charge in [-0.25, -0.2) is 0 Å². The van der Waals surface area contributed by atoms with E-state index in [1.807, 2.05) is 25.1 Å². The summed E-state index contributed by atoms with van der Waals surface area (Å²) in [7, 11) is 0. The van der Waals surface area contributed by atoms with Gasteiger partial charge in [-0.15, -0.1) is 0 Å². The molecule has 0 heterocycles. The van der Waals surface area contributed by atoms with Crippen LogP contribution < -0.4 is 11.1 Å². The number of hydrogen-bond acceptors (Lipinski definition) is 2. The first kappa shape index (κ1) is 11.0. The lowest BCUT2D eigenvalue weighted by atomic mass is 10.2. The zero-order chi connectivity index (χ0) is 10.6. The molecule has 0 spiro atoms. The molecule has 3 N–H and O–H groups in total. The molecule has 14 heavy (non-hydrogen) atoms. The van der Waals surface area contributed by atoms with E-state index in [1.54, 1.807) is 0 Å². The monoisotopic (exact) mass is 256 g/mol. The second-order valence-electron chi connectivity index (χ2n) is 3.06. The Labute approximate surface area is 91.8 Å². The normalized spacial score (nSPS) is 9.86. The van der Waals surface area contributed by atoms with Crippen molar-refractivity contribution in [3.05, 3.63) is 28.2 Å². The number of nitrogens with two attached hydrogens (primary N) is 1. The average molecular weight is 257 g/mol. The lowest BCUT2D eigenvalue weighted by Gasteiger charge is -2.09. The van der Waals surface area contributed by atoms with E-state index in [4.69, 9.17) is 5.73 Å². The number of nitrogens with one attached hydrogen (secondary N) is 1. The van der Waals surface area contributed by atoms with Gasteiger partial charge in [-0.05, 0) is 24.6 Å². The van der Waals surface area contributed by atoms with Gasteiger partial charge in [0, 0.05) is 23.1 Å². The van der Waals surface area contributed by atoms with E-state index in [2.05, 4.69) is 21.2 Å². The number of anilines is 1. The fraction of sp³-hybridized carbons (Fsp3) is 0.300. The molecule has 3 nitrogen and oxygen atoms in total. The second-order valence-corrected chi connectivity index (χ2v) is 3.91. The largest absolute Gasteiger partial charge is 0.384 e. The van der Waals surface area contributed by atoms with Crippen LogP contribution >= 0.6 is 15.9 Å². The molecule has 0 aromatic heterocycles. The van der Waals surface area contributed by atoms with Crippen LogP contribution in [0.5, 0.6) is 0 Å². The number of carbonyl (C=O) groups is 1. The highest BCUT2D eigenvalue weighted by molar-refractivity contribution is 9.10. The number of carbonyl (C=O) groups excluding carboxylic acids is 1. The summed E-state index contributed by atoms with van der Waals surface area (Å²) in [5.74, 6) is -0.287. The lowest BCUT2D eigenvalue weighted by Crippen LogP contribution is -2.16. The molecular formula is C10H13BrN2O. The first-order valence-electron chi connectivity index (χ1n) is 4.38. The molecule has 1 aromatic carbocycles. The molecule has 0 saturated carbocycles. The van der Waals surface area contributed by atoms with Crippen LogP contribution in [-0.2, 0) is 4.79 Å². The highest BCUT2D eigenvalue weighted by atomic mass is 79.9. The first-order chi connectivity index (χ1) is 6.61. The van der Waals surface area contributed by atoms with Gasteiger partial charge in [-0.1, -0.05) is 22.0 Å². The van der Waals surface area contributed by atoms with Crippen LogP contribution in [0.15, 0.2) is 22.7 Å². The van der Waals surface area contributed by atoms with Crippen molar-refractivity contribution in [2.45, 2.75) is 13.3 Å². The fourth-order valence-electron chi connectivity index (χ4n) is 1.12. The summed E-state index contributed by atoms with van der Waals surface area (Å²) in [5, 5.41) is 3.15. The molecule has 0 bridgehead atoms. The maximum absolute atomic E-state index is 10.5. The zero-order valence-corrected chi connectivity index (χ0v) is 9.60. The Bertz CT molecular complexity index is 339. The van der Waals surface area contributed by atoms with E-state index in [9.17, 15) is 4.79 Å². The van der Waals surface area contributed by atoms with E-state index >= 15 is 0 Å². The third kappa shape index (κ3) is 3.03. The van der Waals surface area contributed by atoms with Gasteiger partial charge in [0.15, 0.2) is 0 Å². The smallest absolute Gasteiger partial charge is 0.219 e. The molecule has 0 aliphatic heterocycles. The lowest BCUT2D eigenvalue weighted by molar-refractivity contribution is -0.117. The topological polar surface area (TPSA) is 55.1 Å². The summed E-state index contributed by atoms with van der Waals surface area (Å²) in [6.45, 7) is 2.59. The highest BCUT2D eigenvalue weighted by Crippen LogP contribution is 2.23. The minimum Gasteiger partial charge on any atom is -0.384 e. The summed E-state index contributed by atoms with van der Waals surface area (Å²) in [6, 6.07) is 5.90. The summed E-state index contributed by atoms with van der Waals surface area (Å²) in [4.78, 5) is 10.5. The Balaban J connectivity index is 2.59. The minimum absolute atomic E-state index is 0.287. The Hall–Kier alpha value is -1.03. The standard InChI is InChI=1S/C10H13BrN2O/c1-7-8(11)3-2-4-9(7)13-6-5-10(12)14/h2-4,13H,5-6H2,1H3,(H2,12,14). The summed E-state index contributed by atoms with van der Waals surface area (Å²) >= 11 is 3.44. The first-order valence-corrected chi connectivity index (χ1v) is 5.18. The Morgan fingerprint density at radius 2 is 2.29 bits per heavy atom. The number of rotatable bonds is 4. The van der Waals surface area contributed by atoms with Gasteiger partial charge in [-0.2, -0.15) is 0 Å². The van der Waals surface area contributed by atoms with Gasteiger partial charge in [0.2, 0.25) is 5.91 Å². The molecule has 0 radical (unpaired) electrons. The zero-order valence-electron chi connectivity index (χ0n) is 8.01. The van der Waals surface area contributed by atoms with Crippen LogP contribution in [0.25, 0.3) is 0 Å². The van der Waals surface area contributed by atoms with Gasteiger partial charge in [-0.3, -0.25) is 4.79 Å².